The molecule has 0 unspecified atom stereocenters. The van der Waals surface area contributed by atoms with Gasteiger partial charge in [0.15, 0.2) is 0 Å². The van der Waals surface area contributed by atoms with E-state index in [-0.39, 0.29) is 0 Å². The lowest BCUT2D eigenvalue weighted by atomic mass is 10.2. The molecule has 0 radical (unpaired) electrons. The average molecular weight is 280 g/mol. The Morgan fingerprint density at radius 3 is 2.78 bits per heavy atom. The smallest absolute Gasteiger partial charge is 0.437 e. The summed E-state index contributed by atoms with van der Waals surface area (Å²) in [5.74, 6) is 0.842. The van der Waals surface area contributed by atoms with Crippen molar-refractivity contribution in [3.8, 4) is 5.06 Å². The molecule has 0 spiro atoms. The first-order chi connectivity index (χ1) is 8.79. The Morgan fingerprint density at radius 1 is 1.28 bits per heavy atom. The number of carbonyl (C=O) groups excluding carboxylic acids is 1. The zero-order valence-electron chi connectivity index (χ0n) is 9.79. The highest BCUT2D eigenvalue weighted by molar-refractivity contribution is 7.98. The Kier molecular flexibility index (Phi) is 4.66. The van der Waals surface area contributed by atoms with E-state index in [1.165, 1.54) is 24.0 Å². The second-order valence-corrected chi connectivity index (χ2v) is 5.30. The molecule has 5 heteroatoms. The van der Waals surface area contributed by atoms with Crippen LogP contribution in [-0.2, 0) is 10.5 Å². The van der Waals surface area contributed by atoms with Gasteiger partial charge in [0, 0.05) is 5.75 Å². The Balaban J connectivity index is 1.98. The predicted octanol–water partition coefficient (Wildman–Crippen LogP) is 4.19. The van der Waals surface area contributed by atoms with Crippen LogP contribution in [0.4, 0.5) is 4.79 Å². The molecular weight excluding hydrogens is 268 g/mol. The van der Waals surface area contributed by atoms with Crippen LogP contribution in [0.15, 0.2) is 46.7 Å². The Hall–Kier alpha value is -1.46. The van der Waals surface area contributed by atoms with Crippen LogP contribution in [0.2, 0.25) is 0 Å². The Bertz CT molecular complexity index is 508. The van der Waals surface area contributed by atoms with Crippen LogP contribution in [0.5, 0.6) is 5.06 Å². The van der Waals surface area contributed by atoms with Gasteiger partial charge in [-0.25, -0.2) is 4.79 Å². The van der Waals surface area contributed by atoms with E-state index in [1.807, 2.05) is 29.6 Å². The first kappa shape index (κ1) is 13.0. The van der Waals surface area contributed by atoms with Crippen molar-refractivity contribution in [3.05, 3.63) is 47.3 Å². The van der Waals surface area contributed by atoms with Gasteiger partial charge in [0.25, 0.3) is 0 Å². The fraction of sp³-hybridized carbons (Fsp3) is 0.154. The zero-order valence-corrected chi connectivity index (χ0v) is 11.4. The van der Waals surface area contributed by atoms with E-state index < -0.39 is 6.16 Å². The summed E-state index contributed by atoms with van der Waals surface area (Å²) in [4.78, 5) is 12.0. The van der Waals surface area contributed by atoms with Crippen LogP contribution in [0.25, 0.3) is 0 Å². The van der Waals surface area contributed by atoms with E-state index in [4.69, 9.17) is 4.74 Å². The summed E-state index contributed by atoms with van der Waals surface area (Å²) < 4.78 is 9.54. The summed E-state index contributed by atoms with van der Waals surface area (Å²) in [5, 5.41) is 2.48. The number of thioether (sulfide) groups is 1. The maximum Gasteiger partial charge on any atom is 0.514 e. The number of ether oxygens (including phenoxy) is 2. The SMILES string of the molecule is COC(=O)Oc1sccc1SCc1ccccc1. The van der Waals surface area contributed by atoms with Crippen molar-refractivity contribution in [2.75, 3.05) is 7.11 Å². The van der Waals surface area contributed by atoms with Gasteiger partial charge < -0.3 is 9.47 Å². The summed E-state index contributed by atoms with van der Waals surface area (Å²) in [6.07, 6.45) is -0.681. The van der Waals surface area contributed by atoms with E-state index in [9.17, 15) is 4.79 Å². The predicted molar refractivity (Wildman–Crippen MR) is 73.4 cm³/mol. The quantitative estimate of drug-likeness (QED) is 0.621. The maximum absolute atomic E-state index is 11.1. The Labute approximate surface area is 114 Å². The van der Waals surface area contributed by atoms with Crippen LogP contribution in [0, 0.1) is 0 Å². The molecule has 0 saturated carbocycles. The average Bonchev–Trinajstić information content (AvgIpc) is 2.84. The molecule has 1 heterocycles. The van der Waals surface area contributed by atoms with Crippen molar-refractivity contribution < 1.29 is 14.3 Å². The molecule has 0 saturated heterocycles. The third-order valence-electron chi connectivity index (χ3n) is 2.18. The number of thiophene rings is 1. The molecule has 0 fully saturated rings. The monoisotopic (exact) mass is 280 g/mol. The third-order valence-corrected chi connectivity index (χ3v) is 4.20. The summed E-state index contributed by atoms with van der Waals surface area (Å²) >= 11 is 3.02. The van der Waals surface area contributed by atoms with Crippen molar-refractivity contribution in [1.82, 2.24) is 0 Å². The lowest BCUT2D eigenvalue weighted by Crippen LogP contribution is -2.06. The third kappa shape index (κ3) is 3.51. The van der Waals surface area contributed by atoms with Gasteiger partial charge >= 0.3 is 6.16 Å². The summed E-state index contributed by atoms with van der Waals surface area (Å²) in [6, 6.07) is 12.1. The lowest BCUT2D eigenvalue weighted by Gasteiger charge is -2.04. The van der Waals surface area contributed by atoms with E-state index in [0.29, 0.717) is 5.06 Å². The molecule has 0 aliphatic heterocycles. The van der Waals surface area contributed by atoms with Crippen LogP contribution in [0.1, 0.15) is 5.56 Å². The molecule has 0 atom stereocenters. The van der Waals surface area contributed by atoms with Gasteiger partial charge in [-0.2, -0.15) is 0 Å². The highest BCUT2D eigenvalue weighted by Crippen LogP contribution is 2.36. The fourth-order valence-electron chi connectivity index (χ4n) is 1.32. The van der Waals surface area contributed by atoms with Gasteiger partial charge in [0.1, 0.15) is 0 Å². The highest BCUT2D eigenvalue weighted by Gasteiger charge is 2.11. The van der Waals surface area contributed by atoms with Crippen molar-refractivity contribution in [2.45, 2.75) is 10.6 Å². The molecular formula is C13H12O3S2. The molecule has 0 N–H and O–H groups in total. The molecule has 0 aliphatic rings. The molecule has 1 aromatic carbocycles. The van der Waals surface area contributed by atoms with Crippen LogP contribution >= 0.6 is 23.1 Å². The standard InChI is InChI=1S/C13H12O3S2/c1-15-13(14)16-12-11(7-8-17-12)18-9-10-5-3-2-4-6-10/h2-8H,9H2,1H3. The second-order valence-electron chi connectivity index (χ2n) is 3.40. The molecule has 2 aromatic rings. The van der Waals surface area contributed by atoms with Gasteiger partial charge in [-0.05, 0) is 17.0 Å². The van der Waals surface area contributed by atoms with Crippen molar-refractivity contribution in [2.24, 2.45) is 0 Å². The largest absolute Gasteiger partial charge is 0.514 e. The topological polar surface area (TPSA) is 35.5 Å². The van der Waals surface area contributed by atoms with Gasteiger partial charge in [-0.3, -0.25) is 0 Å². The molecule has 0 amide bonds. The van der Waals surface area contributed by atoms with Crippen LogP contribution < -0.4 is 4.74 Å². The second kappa shape index (κ2) is 6.47. The molecule has 94 valence electrons. The molecule has 1 aromatic heterocycles. The first-order valence-corrected chi connectivity index (χ1v) is 7.16. The fourth-order valence-corrected chi connectivity index (χ4v) is 3.19. The van der Waals surface area contributed by atoms with Crippen LogP contribution in [0.3, 0.4) is 0 Å². The minimum absolute atomic E-state index is 0.586. The number of rotatable bonds is 4. The van der Waals surface area contributed by atoms with Crippen molar-refractivity contribution in [1.29, 1.82) is 0 Å². The molecule has 3 nitrogen and oxygen atoms in total. The summed E-state index contributed by atoms with van der Waals surface area (Å²) in [5.41, 5.74) is 1.23. The van der Waals surface area contributed by atoms with Crippen molar-refractivity contribution >= 4 is 29.3 Å². The van der Waals surface area contributed by atoms with Crippen molar-refractivity contribution in [3.63, 3.8) is 0 Å². The summed E-state index contributed by atoms with van der Waals surface area (Å²) in [6.45, 7) is 0. The van der Waals surface area contributed by atoms with Gasteiger partial charge in [-0.15, -0.1) is 23.1 Å². The number of carbonyl (C=O) groups is 1. The number of hydrogen-bond acceptors (Lipinski definition) is 5. The molecule has 0 aliphatic carbocycles. The van der Waals surface area contributed by atoms with E-state index in [1.54, 1.807) is 11.8 Å². The number of benzene rings is 1. The number of hydrogen-bond donors (Lipinski definition) is 0. The lowest BCUT2D eigenvalue weighted by molar-refractivity contribution is 0.122. The van der Waals surface area contributed by atoms with Gasteiger partial charge in [-0.1, -0.05) is 30.3 Å². The molecule has 18 heavy (non-hydrogen) atoms. The maximum atomic E-state index is 11.1. The molecule has 2 rings (SSSR count). The zero-order chi connectivity index (χ0) is 12.8. The van der Waals surface area contributed by atoms with Crippen LogP contribution in [-0.4, -0.2) is 13.3 Å². The van der Waals surface area contributed by atoms with Gasteiger partial charge in [0.05, 0.1) is 12.0 Å². The summed E-state index contributed by atoms with van der Waals surface area (Å²) in [7, 11) is 1.30. The Morgan fingerprint density at radius 2 is 2.06 bits per heavy atom. The van der Waals surface area contributed by atoms with E-state index >= 15 is 0 Å². The first-order valence-electron chi connectivity index (χ1n) is 5.29. The van der Waals surface area contributed by atoms with E-state index in [2.05, 4.69) is 16.9 Å². The normalized spacial score (nSPS) is 10.1. The number of methoxy groups -OCH3 is 1. The minimum atomic E-state index is -0.681. The van der Waals surface area contributed by atoms with E-state index in [0.717, 1.165) is 10.6 Å². The highest BCUT2D eigenvalue weighted by atomic mass is 32.2. The van der Waals surface area contributed by atoms with Gasteiger partial charge in [0.2, 0.25) is 5.06 Å². The minimum Gasteiger partial charge on any atom is -0.437 e. The molecule has 0 bridgehead atoms.